The van der Waals surface area contributed by atoms with Gasteiger partial charge in [0.05, 0.1) is 22.3 Å². The molecule has 0 aliphatic rings. The van der Waals surface area contributed by atoms with Crippen molar-refractivity contribution in [3.8, 4) is 5.69 Å². The molecule has 0 aliphatic carbocycles. The van der Waals surface area contributed by atoms with Crippen LogP contribution in [-0.2, 0) is 24.1 Å². The Morgan fingerprint density at radius 3 is 2.33 bits per heavy atom. The molecular weight excluding hydrogens is 433 g/mol. The van der Waals surface area contributed by atoms with E-state index in [-0.39, 0.29) is 23.3 Å². The number of fused-ring (bicyclic) bond motifs is 1. The van der Waals surface area contributed by atoms with E-state index in [9.17, 15) is 22.8 Å². The van der Waals surface area contributed by atoms with Gasteiger partial charge in [0.2, 0.25) is 5.91 Å². The first kappa shape index (κ1) is 22.3. The molecule has 0 radical (unpaired) electrons. The number of alkyl halides is 3. The number of aromatic nitrogens is 3. The number of nitrogens with one attached hydrogen (secondary N) is 1. The van der Waals surface area contributed by atoms with Gasteiger partial charge >= 0.3 is 6.18 Å². The molecule has 4 aromatic rings. The zero-order valence-electron chi connectivity index (χ0n) is 18.0. The molecule has 0 spiro atoms. The summed E-state index contributed by atoms with van der Waals surface area (Å²) in [6.45, 7) is 3.11. The van der Waals surface area contributed by atoms with Gasteiger partial charge in [-0.2, -0.15) is 18.3 Å². The highest BCUT2D eigenvalue weighted by molar-refractivity contribution is 5.86. The van der Waals surface area contributed by atoms with Crippen molar-refractivity contribution in [1.82, 2.24) is 19.7 Å². The molecule has 1 N–H and O–H groups in total. The average Bonchev–Trinajstić information content (AvgIpc) is 3.11. The third-order valence-corrected chi connectivity index (χ3v) is 5.31. The Balaban J connectivity index is 1.83. The third-order valence-electron chi connectivity index (χ3n) is 5.31. The molecule has 2 aromatic carbocycles. The number of nitrogens with zero attached hydrogens (tertiary/aromatic N) is 3. The summed E-state index contributed by atoms with van der Waals surface area (Å²) in [6.07, 6.45) is -4.75. The van der Waals surface area contributed by atoms with Crippen LogP contribution in [0.1, 0.15) is 22.4 Å². The van der Waals surface area contributed by atoms with Crippen LogP contribution < -0.4 is 10.9 Å². The molecule has 0 fully saturated rings. The van der Waals surface area contributed by atoms with Crippen molar-refractivity contribution >= 4 is 16.9 Å². The molecule has 2 heterocycles. The Hall–Kier alpha value is -3.88. The monoisotopic (exact) mass is 454 g/mol. The number of carbonyl (C=O) groups excluding carboxylic acids is 1. The van der Waals surface area contributed by atoms with Crippen LogP contribution in [0.15, 0.2) is 65.5 Å². The van der Waals surface area contributed by atoms with E-state index in [1.54, 1.807) is 24.3 Å². The van der Waals surface area contributed by atoms with Crippen molar-refractivity contribution in [2.24, 2.45) is 0 Å². The summed E-state index contributed by atoms with van der Waals surface area (Å²) in [5.41, 5.74) is 0.326. The van der Waals surface area contributed by atoms with Crippen LogP contribution in [0.5, 0.6) is 0 Å². The van der Waals surface area contributed by atoms with Gasteiger partial charge in [-0.3, -0.25) is 14.2 Å². The fourth-order valence-corrected chi connectivity index (χ4v) is 3.70. The van der Waals surface area contributed by atoms with Crippen LogP contribution in [0, 0.1) is 13.8 Å². The number of rotatable bonds is 5. The van der Waals surface area contributed by atoms with E-state index in [1.165, 1.54) is 11.6 Å². The summed E-state index contributed by atoms with van der Waals surface area (Å²) in [6, 6.07) is 16.7. The second-order valence-corrected chi connectivity index (χ2v) is 7.77. The maximum atomic E-state index is 13.8. The number of hydrogen-bond donors (Lipinski definition) is 1. The molecule has 0 bridgehead atoms. The van der Waals surface area contributed by atoms with Crippen molar-refractivity contribution in [1.29, 1.82) is 0 Å². The Kier molecular flexibility index (Phi) is 5.80. The predicted octanol–water partition coefficient (Wildman–Crippen LogP) is 4.14. The number of pyridine rings is 1. The van der Waals surface area contributed by atoms with Crippen LogP contribution in [-0.4, -0.2) is 20.3 Å². The fraction of sp³-hybridized carbons (Fsp3) is 0.208. The number of halogens is 3. The highest BCUT2D eigenvalue weighted by Gasteiger charge is 2.36. The molecular formula is C24H21F3N4O2. The first-order valence-electron chi connectivity index (χ1n) is 10.2. The van der Waals surface area contributed by atoms with E-state index >= 15 is 0 Å². The minimum atomic E-state index is -4.75. The first-order valence-corrected chi connectivity index (χ1v) is 10.2. The molecule has 2 aromatic heterocycles. The number of amides is 1. The normalized spacial score (nSPS) is 11.7. The van der Waals surface area contributed by atoms with Gasteiger partial charge in [0.25, 0.3) is 5.56 Å². The van der Waals surface area contributed by atoms with Gasteiger partial charge in [0.15, 0.2) is 0 Å². The van der Waals surface area contributed by atoms with Gasteiger partial charge in [-0.25, -0.2) is 4.68 Å². The van der Waals surface area contributed by atoms with Gasteiger partial charge in [-0.05, 0) is 31.5 Å². The van der Waals surface area contributed by atoms with E-state index in [4.69, 9.17) is 0 Å². The lowest BCUT2D eigenvalue weighted by molar-refractivity contribution is -0.136. The molecule has 0 aliphatic heterocycles. The standard InChI is InChI=1S/C24H21F3N4O2/c1-15-8-10-18(11-9-15)31-23-22(16(2)29-31)19(24(25,26)27)12-21(33)30(23)14-20(32)28-13-17-6-4-3-5-7-17/h3-12H,13-14H2,1-2H3,(H,28,32). The lowest BCUT2D eigenvalue weighted by atomic mass is 10.1. The van der Waals surface area contributed by atoms with E-state index in [0.29, 0.717) is 11.8 Å². The largest absolute Gasteiger partial charge is 0.417 e. The molecule has 1 amide bonds. The summed E-state index contributed by atoms with van der Waals surface area (Å²) >= 11 is 0. The maximum Gasteiger partial charge on any atom is 0.417 e. The summed E-state index contributed by atoms with van der Waals surface area (Å²) < 4.78 is 43.7. The summed E-state index contributed by atoms with van der Waals surface area (Å²) in [5.74, 6) is -0.503. The zero-order valence-corrected chi connectivity index (χ0v) is 18.0. The number of carbonyl (C=O) groups is 1. The van der Waals surface area contributed by atoms with Crippen molar-refractivity contribution in [3.05, 3.63) is 93.4 Å². The Morgan fingerprint density at radius 2 is 1.70 bits per heavy atom. The van der Waals surface area contributed by atoms with Crippen LogP contribution in [0.25, 0.3) is 16.7 Å². The van der Waals surface area contributed by atoms with E-state index in [2.05, 4.69) is 10.4 Å². The summed E-state index contributed by atoms with van der Waals surface area (Å²) in [7, 11) is 0. The maximum absolute atomic E-state index is 13.8. The van der Waals surface area contributed by atoms with Crippen LogP contribution >= 0.6 is 0 Å². The van der Waals surface area contributed by atoms with Crippen molar-refractivity contribution < 1.29 is 18.0 Å². The summed E-state index contributed by atoms with van der Waals surface area (Å²) in [5, 5.41) is 6.79. The van der Waals surface area contributed by atoms with Gasteiger partial charge in [-0.15, -0.1) is 0 Å². The second kappa shape index (κ2) is 8.57. The van der Waals surface area contributed by atoms with Gasteiger partial charge < -0.3 is 5.32 Å². The number of aryl methyl sites for hydroxylation is 2. The highest BCUT2D eigenvalue weighted by atomic mass is 19.4. The van der Waals surface area contributed by atoms with Crippen LogP contribution in [0.2, 0.25) is 0 Å². The molecule has 170 valence electrons. The van der Waals surface area contributed by atoms with E-state index in [0.717, 1.165) is 15.7 Å². The second-order valence-electron chi connectivity index (χ2n) is 7.77. The topological polar surface area (TPSA) is 68.9 Å². The average molecular weight is 454 g/mol. The number of benzene rings is 2. The third kappa shape index (κ3) is 4.52. The Bertz CT molecular complexity index is 1370. The highest BCUT2D eigenvalue weighted by Crippen LogP contribution is 2.36. The number of hydrogen-bond acceptors (Lipinski definition) is 3. The lowest BCUT2D eigenvalue weighted by Crippen LogP contribution is -2.33. The van der Waals surface area contributed by atoms with Gasteiger partial charge in [0, 0.05) is 12.6 Å². The Morgan fingerprint density at radius 1 is 1.03 bits per heavy atom. The zero-order chi connectivity index (χ0) is 23.8. The molecule has 6 nitrogen and oxygen atoms in total. The summed E-state index contributed by atoms with van der Waals surface area (Å²) in [4.78, 5) is 25.4. The molecule has 0 saturated heterocycles. The molecule has 4 rings (SSSR count). The van der Waals surface area contributed by atoms with Crippen LogP contribution in [0.4, 0.5) is 13.2 Å². The minimum absolute atomic E-state index is 0.0777. The van der Waals surface area contributed by atoms with Crippen molar-refractivity contribution in [3.63, 3.8) is 0 Å². The smallest absolute Gasteiger partial charge is 0.350 e. The molecule has 0 saturated carbocycles. The predicted molar refractivity (Wildman–Crippen MR) is 118 cm³/mol. The van der Waals surface area contributed by atoms with Gasteiger partial charge in [-0.1, -0.05) is 48.0 Å². The fourth-order valence-electron chi connectivity index (χ4n) is 3.70. The van der Waals surface area contributed by atoms with E-state index in [1.807, 2.05) is 37.3 Å². The minimum Gasteiger partial charge on any atom is -0.350 e. The van der Waals surface area contributed by atoms with Crippen molar-refractivity contribution in [2.45, 2.75) is 33.1 Å². The molecule has 33 heavy (non-hydrogen) atoms. The first-order chi connectivity index (χ1) is 15.6. The van der Waals surface area contributed by atoms with E-state index < -0.39 is 29.8 Å². The van der Waals surface area contributed by atoms with Crippen LogP contribution in [0.3, 0.4) is 0 Å². The quantitative estimate of drug-likeness (QED) is 0.493. The van der Waals surface area contributed by atoms with Crippen molar-refractivity contribution in [2.75, 3.05) is 0 Å². The molecule has 0 unspecified atom stereocenters. The lowest BCUT2D eigenvalue weighted by Gasteiger charge is -2.15. The SMILES string of the molecule is Cc1ccc(-n2nc(C)c3c(C(F)(F)F)cc(=O)n(CC(=O)NCc4ccccc4)c32)cc1. The Labute approximate surface area is 187 Å². The molecule has 0 atom stereocenters. The van der Waals surface area contributed by atoms with Gasteiger partial charge in [0.1, 0.15) is 12.2 Å². The molecule has 9 heteroatoms.